The molecule has 0 heterocycles. The quantitative estimate of drug-likeness (QED) is 0.640. The van der Waals surface area contributed by atoms with Crippen molar-refractivity contribution in [1.29, 1.82) is 0 Å². The fourth-order valence-corrected chi connectivity index (χ4v) is 1.45. The number of hydrogen-bond acceptors (Lipinski definition) is 1. The average molecular weight is 142 g/mol. The maximum Gasteiger partial charge on any atom is 0.0537 e. The van der Waals surface area contributed by atoms with Crippen molar-refractivity contribution in [3.05, 3.63) is 0 Å². The monoisotopic (exact) mass is 142 g/mol. The van der Waals surface area contributed by atoms with E-state index in [0.29, 0.717) is 5.92 Å². The molecule has 10 heavy (non-hydrogen) atoms. The molecule has 1 heteroatoms. The van der Waals surface area contributed by atoms with Crippen molar-refractivity contribution in [1.82, 2.24) is 0 Å². The minimum Gasteiger partial charge on any atom is -0.393 e. The summed E-state index contributed by atoms with van der Waals surface area (Å²) in [6.45, 7) is 4.03. The van der Waals surface area contributed by atoms with Crippen molar-refractivity contribution in [2.24, 2.45) is 11.8 Å². The highest BCUT2D eigenvalue weighted by Gasteiger charge is 2.21. The SMILES string of the molecule is CC(O)C(C)CC1CCC1. The second-order valence-electron chi connectivity index (χ2n) is 3.75. The molecule has 0 aromatic rings. The summed E-state index contributed by atoms with van der Waals surface area (Å²) in [5.41, 5.74) is 0. The molecule has 2 unspecified atom stereocenters. The molecule has 1 saturated carbocycles. The molecule has 1 N–H and O–H groups in total. The van der Waals surface area contributed by atoms with E-state index < -0.39 is 0 Å². The molecule has 1 nitrogen and oxygen atoms in total. The normalized spacial score (nSPS) is 25.5. The van der Waals surface area contributed by atoms with Gasteiger partial charge in [0.05, 0.1) is 6.10 Å². The van der Waals surface area contributed by atoms with Crippen LogP contribution in [0.25, 0.3) is 0 Å². The first-order chi connectivity index (χ1) is 4.70. The predicted octanol–water partition coefficient (Wildman–Crippen LogP) is 2.19. The van der Waals surface area contributed by atoms with Gasteiger partial charge >= 0.3 is 0 Å². The van der Waals surface area contributed by atoms with Gasteiger partial charge in [0.1, 0.15) is 0 Å². The van der Waals surface area contributed by atoms with Gasteiger partial charge in [-0.2, -0.15) is 0 Å². The van der Waals surface area contributed by atoms with E-state index >= 15 is 0 Å². The third-order valence-electron chi connectivity index (χ3n) is 2.75. The second kappa shape index (κ2) is 3.38. The zero-order valence-electron chi connectivity index (χ0n) is 7.01. The van der Waals surface area contributed by atoms with Gasteiger partial charge in [-0.05, 0) is 25.2 Å². The van der Waals surface area contributed by atoms with Crippen LogP contribution in [-0.2, 0) is 0 Å². The molecule has 0 aliphatic heterocycles. The molecule has 0 radical (unpaired) electrons. The zero-order valence-corrected chi connectivity index (χ0v) is 7.01. The van der Waals surface area contributed by atoms with Crippen LogP contribution in [0.5, 0.6) is 0 Å². The van der Waals surface area contributed by atoms with Gasteiger partial charge in [0, 0.05) is 0 Å². The maximum atomic E-state index is 9.19. The Morgan fingerprint density at radius 1 is 1.40 bits per heavy atom. The fraction of sp³-hybridized carbons (Fsp3) is 1.00. The summed E-state index contributed by atoms with van der Waals surface area (Å²) in [6.07, 6.45) is 5.34. The van der Waals surface area contributed by atoms with Crippen LogP contribution >= 0.6 is 0 Å². The van der Waals surface area contributed by atoms with Crippen LogP contribution in [0.2, 0.25) is 0 Å². The minimum atomic E-state index is -0.111. The smallest absolute Gasteiger partial charge is 0.0537 e. The van der Waals surface area contributed by atoms with Gasteiger partial charge in [0.25, 0.3) is 0 Å². The summed E-state index contributed by atoms with van der Waals surface area (Å²) in [5, 5.41) is 9.19. The molecule has 0 amide bonds. The van der Waals surface area contributed by atoms with Crippen molar-refractivity contribution < 1.29 is 5.11 Å². The van der Waals surface area contributed by atoms with E-state index in [1.54, 1.807) is 0 Å². The maximum absolute atomic E-state index is 9.19. The molecule has 0 aromatic heterocycles. The van der Waals surface area contributed by atoms with Crippen LogP contribution in [0.15, 0.2) is 0 Å². The number of aliphatic hydroxyl groups excluding tert-OH is 1. The lowest BCUT2D eigenvalue weighted by atomic mass is 9.78. The highest BCUT2D eigenvalue weighted by atomic mass is 16.3. The molecule has 1 aliphatic rings. The Morgan fingerprint density at radius 2 is 2.00 bits per heavy atom. The lowest BCUT2D eigenvalue weighted by molar-refractivity contribution is 0.105. The lowest BCUT2D eigenvalue weighted by Gasteiger charge is -2.29. The van der Waals surface area contributed by atoms with Crippen molar-refractivity contribution >= 4 is 0 Å². The topological polar surface area (TPSA) is 20.2 Å². The summed E-state index contributed by atoms with van der Waals surface area (Å²) in [7, 11) is 0. The summed E-state index contributed by atoms with van der Waals surface area (Å²) in [6, 6.07) is 0. The second-order valence-corrected chi connectivity index (χ2v) is 3.75. The standard InChI is InChI=1S/C9H18O/c1-7(8(2)10)6-9-4-3-5-9/h7-10H,3-6H2,1-2H3. The summed E-state index contributed by atoms with van der Waals surface area (Å²) < 4.78 is 0. The summed E-state index contributed by atoms with van der Waals surface area (Å²) in [5.74, 6) is 1.44. The van der Waals surface area contributed by atoms with Crippen LogP contribution in [0, 0.1) is 11.8 Å². The van der Waals surface area contributed by atoms with E-state index in [2.05, 4.69) is 6.92 Å². The molecule has 60 valence electrons. The van der Waals surface area contributed by atoms with Gasteiger partial charge < -0.3 is 5.11 Å². The Balaban J connectivity index is 2.10. The van der Waals surface area contributed by atoms with E-state index in [9.17, 15) is 5.11 Å². The van der Waals surface area contributed by atoms with Crippen LogP contribution in [0.3, 0.4) is 0 Å². The largest absolute Gasteiger partial charge is 0.393 e. The van der Waals surface area contributed by atoms with Gasteiger partial charge in [0.2, 0.25) is 0 Å². The van der Waals surface area contributed by atoms with Gasteiger partial charge in [0.15, 0.2) is 0 Å². The first-order valence-corrected chi connectivity index (χ1v) is 4.38. The van der Waals surface area contributed by atoms with Crippen molar-refractivity contribution in [2.45, 2.75) is 45.6 Å². The Labute approximate surface area is 63.4 Å². The van der Waals surface area contributed by atoms with Crippen LogP contribution in [0.4, 0.5) is 0 Å². The first kappa shape index (κ1) is 8.06. The van der Waals surface area contributed by atoms with Crippen LogP contribution < -0.4 is 0 Å². The van der Waals surface area contributed by atoms with Gasteiger partial charge in [-0.3, -0.25) is 0 Å². The van der Waals surface area contributed by atoms with Crippen LogP contribution in [-0.4, -0.2) is 11.2 Å². The summed E-state index contributed by atoms with van der Waals surface area (Å²) >= 11 is 0. The van der Waals surface area contributed by atoms with Crippen molar-refractivity contribution in [3.63, 3.8) is 0 Å². The van der Waals surface area contributed by atoms with E-state index in [1.165, 1.54) is 25.7 Å². The van der Waals surface area contributed by atoms with E-state index in [4.69, 9.17) is 0 Å². The van der Waals surface area contributed by atoms with Gasteiger partial charge in [-0.15, -0.1) is 0 Å². The molecule has 2 atom stereocenters. The average Bonchev–Trinajstić information content (AvgIpc) is 1.77. The Hall–Kier alpha value is -0.0400. The lowest BCUT2D eigenvalue weighted by Crippen LogP contribution is -2.20. The predicted molar refractivity (Wildman–Crippen MR) is 42.8 cm³/mol. The Morgan fingerprint density at radius 3 is 2.30 bits per heavy atom. The Kier molecular flexibility index (Phi) is 2.72. The molecule has 1 fully saturated rings. The molecule has 0 saturated heterocycles. The number of hydrogen-bond donors (Lipinski definition) is 1. The highest BCUT2D eigenvalue weighted by molar-refractivity contribution is 4.73. The molecular formula is C9H18O. The van der Waals surface area contributed by atoms with E-state index in [1.807, 2.05) is 6.92 Å². The van der Waals surface area contributed by atoms with Gasteiger partial charge in [-0.1, -0.05) is 26.2 Å². The molecule has 1 rings (SSSR count). The third kappa shape index (κ3) is 1.98. The van der Waals surface area contributed by atoms with E-state index in [0.717, 1.165) is 5.92 Å². The highest BCUT2D eigenvalue weighted by Crippen LogP contribution is 2.32. The molecule has 0 bridgehead atoms. The van der Waals surface area contributed by atoms with Crippen LogP contribution in [0.1, 0.15) is 39.5 Å². The summed E-state index contributed by atoms with van der Waals surface area (Å²) in [4.78, 5) is 0. The van der Waals surface area contributed by atoms with Crippen molar-refractivity contribution in [2.75, 3.05) is 0 Å². The molecule has 0 spiro atoms. The Bertz CT molecular complexity index is 94.9. The van der Waals surface area contributed by atoms with E-state index in [-0.39, 0.29) is 6.10 Å². The third-order valence-corrected chi connectivity index (χ3v) is 2.75. The minimum absolute atomic E-state index is 0.111. The number of rotatable bonds is 3. The fourth-order valence-electron chi connectivity index (χ4n) is 1.45. The molecular weight excluding hydrogens is 124 g/mol. The van der Waals surface area contributed by atoms with Gasteiger partial charge in [-0.25, -0.2) is 0 Å². The molecule has 1 aliphatic carbocycles. The molecule has 0 aromatic carbocycles. The van der Waals surface area contributed by atoms with Crippen molar-refractivity contribution in [3.8, 4) is 0 Å². The number of aliphatic hydroxyl groups is 1. The first-order valence-electron chi connectivity index (χ1n) is 4.38. The zero-order chi connectivity index (χ0) is 7.56.